The monoisotopic (exact) mass is 340 g/mol. The zero-order chi connectivity index (χ0) is 17.0. The first-order valence-electron chi connectivity index (χ1n) is 7.86. The van der Waals surface area contributed by atoms with Crippen molar-refractivity contribution in [3.8, 4) is 0 Å². The molecule has 0 radical (unpaired) electrons. The van der Waals surface area contributed by atoms with Crippen molar-refractivity contribution >= 4 is 15.7 Å². The Hall–Kier alpha value is -1.44. The summed E-state index contributed by atoms with van der Waals surface area (Å²) in [6.45, 7) is 6.66. The molecule has 1 saturated heterocycles. The van der Waals surface area contributed by atoms with Gasteiger partial charge in [-0.3, -0.25) is 9.69 Å². The van der Waals surface area contributed by atoms with Crippen LogP contribution in [0.2, 0.25) is 0 Å². The van der Waals surface area contributed by atoms with E-state index in [-0.39, 0.29) is 22.7 Å². The van der Waals surface area contributed by atoms with Crippen molar-refractivity contribution in [2.24, 2.45) is 0 Å². The van der Waals surface area contributed by atoms with E-state index in [4.69, 9.17) is 0 Å². The summed E-state index contributed by atoms with van der Waals surface area (Å²) in [5.41, 5.74) is 0.504. The number of hydrogen-bond donors (Lipinski definition) is 1. The minimum Gasteiger partial charge on any atom is -0.392 e. The van der Waals surface area contributed by atoms with E-state index in [0.717, 1.165) is 13.1 Å². The third-order valence-corrected chi connectivity index (χ3v) is 5.77. The van der Waals surface area contributed by atoms with E-state index in [1.807, 2.05) is 0 Å². The summed E-state index contributed by atoms with van der Waals surface area (Å²) in [5, 5.41) is 9.40. The molecule has 1 amide bonds. The molecule has 1 aromatic rings. The number of aliphatic hydroxyl groups is 1. The zero-order valence-electron chi connectivity index (χ0n) is 13.6. The maximum Gasteiger partial charge on any atom is 0.253 e. The van der Waals surface area contributed by atoms with E-state index >= 15 is 0 Å². The summed E-state index contributed by atoms with van der Waals surface area (Å²) in [6.07, 6.45) is -0.370. The zero-order valence-corrected chi connectivity index (χ0v) is 14.4. The lowest BCUT2D eigenvalue weighted by Crippen LogP contribution is -2.50. The molecule has 128 valence electrons. The number of β-amino-alcohol motifs (C(OH)–C–C–N with tert-alkyl or cyclic N) is 1. The molecular formula is C16H24N2O4S. The second-order valence-corrected chi connectivity index (χ2v) is 8.15. The number of benzene rings is 1. The first-order chi connectivity index (χ1) is 10.8. The molecule has 23 heavy (non-hydrogen) atoms. The van der Waals surface area contributed by atoms with Crippen LogP contribution in [0.15, 0.2) is 29.2 Å². The molecule has 1 fully saturated rings. The summed E-state index contributed by atoms with van der Waals surface area (Å²) < 4.78 is 23.6. The van der Waals surface area contributed by atoms with Crippen LogP contribution < -0.4 is 0 Å². The number of piperazine rings is 1. The van der Waals surface area contributed by atoms with Gasteiger partial charge in [-0.05, 0) is 31.2 Å². The van der Waals surface area contributed by atoms with Gasteiger partial charge in [-0.25, -0.2) is 8.42 Å². The maximum atomic E-state index is 12.5. The highest BCUT2D eigenvalue weighted by atomic mass is 32.2. The van der Waals surface area contributed by atoms with E-state index in [1.54, 1.807) is 30.9 Å². The molecule has 1 aliphatic rings. The van der Waals surface area contributed by atoms with Gasteiger partial charge >= 0.3 is 0 Å². The first kappa shape index (κ1) is 17.9. The Morgan fingerprint density at radius 1 is 1.17 bits per heavy atom. The van der Waals surface area contributed by atoms with Crippen LogP contribution >= 0.6 is 0 Å². The van der Waals surface area contributed by atoms with Crippen LogP contribution in [-0.4, -0.2) is 73.8 Å². The predicted octanol–water partition coefficient (Wildman–Crippen LogP) is 0.619. The van der Waals surface area contributed by atoms with Gasteiger partial charge in [-0.2, -0.15) is 0 Å². The number of hydrogen-bond acceptors (Lipinski definition) is 5. The van der Waals surface area contributed by atoms with Crippen molar-refractivity contribution in [2.45, 2.75) is 24.8 Å². The van der Waals surface area contributed by atoms with Crippen molar-refractivity contribution in [1.82, 2.24) is 9.80 Å². The lowest BCUT2D eigenvalue weighted by atomic mass is 10.2. The fourth-order valence-corrected chi connectivity index (χ4v) is 3.55. The van der Waals surface area contributed by atoms with Gasteiger partial charge in [0.05, 0.1) is 16.8 Å². The fraction of sp³-hybridized carbons (Fsp3) is 0.562. The van der Waals surface area contributed by atoms with Crippen molar-refractivity contribution in [3.63, 3.8) is 0 Å². The second-order valence-electron chi connectivity index (χ2n) is 5.87. The van der Waals surface area contributed by atoms with Gasteiger partial charge in [0.15, 0.2) is 9.84 Å². The molecule has 6 nitrogen and oxygen atoms in total. The van der Waals surface area contributed by atoms with Crippen molar-refractivity contribution < 1.29 is 18.3 Å². The van der Waals surface area contributed by atoms with E-state index in [9.17, 15) is 18.3 Å². The Balaban J connectivity index is 1.99. The Labute approximate surface area is 137 Å². The van der Waals surface area contributed by atoms with E-state index in [2.05, 4.69) is 4.90 Å². The molecule has 2 rings (SSSR count). The van der Waals surface area contributed by atoms with Gasteiger partial charge < -0.3 is 10.0 Å². The minimum atomic E-state index is -3.24. The highest BCUT2D eigenvalue weighted by molar-refractivity contribution is 7.91. The Bertz CT molecular complexity index is 633. The number of carbonyl (C=O) groups is 1. The highest BCUT2D eigenvalue weighted by Gasteiger charge is 2.23. The Morgan fingerprint density at radius 2 is 1.74 bits per heavy atom. The van der Waals surface area contributed by atoms with Gasteiger partial charge in [0.25, 0.3) is 5.91 Å². The first-order valence-corrected chi connectivity index (χ1v) is 9.51. The van der Waals surface area contributed by atoms with Gasteiger partial charge in [-0.1, -0.05) is 6.92 Å². The van der Waals surface area contributed by atoms with Gasteiger partial charge in [0, 0.05) is 38.3 Å². The van der Waals surface area contributed by atoms with Crippen LogP contribution in [0.4, 0.5) is 0 Å². The summed E-state index contributed by atoms with van der Waals surface area (Å²) in [4.78, 5) is 16.6. The van der Waals surface area contributed by atoms with Gasteiger partial charge in [-0.15, -0.1) is 0 Å². The molecule has 0 aliphatic carbocycles. The van der Waals surface area contributed by atoms with Crippen LogP contribution in [0.25, 0.3) is 0 Å². The van der Waals surface area contributed by atoms with E-state index < -0.39 is 9.84 Å². The molecule has 0 spiro atoms. The average Bonchev–Trinajstić information content (AvgIpc) is 2.54. The maximum absolute atomic E-state index is 12.5. The van der Waals surface area contributed by atoms with Crippen molar-refractivity contribution in [1.29, 1.82) is 0 Å². The Kier molecular flexibility index (Phi) is 5.78. The van der Waals surface area contributed by atoms with Crippen LogP contribution in [0.5, 0.6) is 0 Å². The molecule has 1 aliphatic heterocycles. The second kappa shape index (κ2) is 7.42. The third kappa shape index (κ3) is 4.53. The smallest absolute Gasteiger partial charge is 0.253 e. The molecule has 0 unspecified atom stereocenters. The van der Waals surface area contributed by atoms with Crippen molar-refractivity contribution in [3.05, 3.63) is 29.8 Å². The Morgan fingerprint density at radius 3 is 2.22 bits per heavy atom. The third-order valence-electron chi connectivity index (χ3n) is 4.02. The number of aliphatic hydroxyl groups excluding tert-OH is 1. The molecule has 1 heterocycles. The number of carbonyl (C=O) groups excluding carboxylic acids is 1. The van der Waals surface area contributed by atoms with Gasteiger partial charge in [0.2, 0.25) is 0 Å². The molecule has 0 bridgehead atoms. The lowest BCUT2D eigenvalue weighted by molar-refractivity contribution is 0.0554. The molecule has 1 aromatic carbocycles. The molecular weight excluding hydrogens is 316 g/mol. The van der Waals surface area contributed by atoms with Crippen molar-refractivity contribution in [2.75, 3.05) is 38.5 Å². The minimum absolute atomic E-state index is 0.0472. The van der Waals surface area contributed by atoms with E-state index in [0.29, 0.717) is 25.2 Å². The lowest BCUT2D eigenvalue weighted by Gasteiger charge is -2.35. The van der Waals surface area contributed by atoms with Crippen LogP contribution in [0, 0.1) is 0 Å². The summed E-state index contributed by atoms with van der Waals surface area (Å²) in [7, 11) is -3.24. The normalized spacial score (nSPS) is 18.0. The summed E-state index contributed by atoms with van der Waals surface area (Å²) in [5.74, 6) is -0.0342. The highest BCUT2D eigenvalue weighted by Crippen LogP contribution is 2.15. The number of rotatable bonds is 5. The molecule has 0 saturated carbocycles. The van der Waals surface area contributed by atoms with E-state index in [1.165, 1.54) is 12.1 Å². The van der Waals surface area contributed by atoms with Gasteiger partial charge in [0.1, 0.15) is 0 Å². The molecule has 0 aromatic heterocycles. The van der Waals surface area contributed by atoms with Crippen LogP contribution in [-0.2, 0) is 9.84 Å². The molecule has 1 N–H and O–H groups in total. The summed E-state index contributed by atoms with van der Waals surface area (Å²) >= 11 is 0. The topological polar surface area (TPSA) is 77.9 Å². The SMILES string of the molecule is CCS(=O)(=O)c1ccc(C(=O)N2CCN(C[C@@H](C)O)CC2)cc1. The summed E-state index contributed by atoms with van der Waals surface area (Å²) in [6, 6.07) is 6.14. The fourth-order valence-electron chi connectivity index (χ4n) is 2.66. The predicted molar refractivity (Wildman–Crippen MR) is 88.2 cm³/mol. The number of sulfone groups is 1. The number of nitrogens with zero attached hydrogens (tertiary/aromatic N) is 2. The van der Waals surface area contributed by atoms with Crippen LogP contribution in [0.1, 0.15) is 24.2 Å². The largest absolute Gasteiger partial charge is 0.392 e. The van der Waals surface area contributed by atoms with Crippen LogP contribution in [0.3, 0.4) is 0 Å². The molecule has 1 atom stereocenters. The molecule has 7 heteroatoms. The number of amides is 1. The quantitative estimate of drug-likeness (QED) is 0.850. The average molecular weight is 340 g/mol. The standard InChI is InChI=1S/C16H24N2O4S/c1-3-23(21,22)15-6-4-14(5-7-15)16(20)18-10-8-17(9-11-18)12-13(2)19/h4-7,13,19H,3,8-12H2,1-2H3/t13-/m1/s1.